The van der Waals surface area contributed by atoms with E-state index < -0.39 is 10.0 Å². The summed E-state index contributed by atoms with van der Waals surface area (Å²) in [5.41, 5.74) is 1.15. The number of halogens is 1. The van der Waals surface area contributed by atoms with Gasteiger partial charge in [0.25, 0.3) is 0 Å². The maximum absolute atomic E-state index is 11.7. The van der Waals surface area contributed by atoms with Gasteiger partial charge < -0.3 is 4.90 Å². The van der Waals surface area contributed by atoms with Gasteiger partial charge in [0, 0.05) is 51.0 Å². The molecule has 1 fully saturated rings. The van der Waals surface area contributed by atoms with E-state index in [1.165, 1.54) is 4.31 Å². The zero-order valence-corrected chi connectivity index (χ0v) is 14.8. The third-order valence-corrected chi connectivity index (χ3v) is 6.13. The van der Waals surface area contributed by atoms with Gasteiger partial charge in [-0.1, -0.05) is 17.7 Å². The molecule has 1 saturated heterocycles. The molecule has 1 aliphatic heterocycles. The van der Waals surface area contributed by atoms with Crippen molar-refractivity contribution in [2.45, 2.75) is 6.42 Å². The van der Waals surface area contributed by atoms with E-state index in [0.29, 0.717) is 6.42 Å². The number of benzene rings is 1. The van der Waals surface area contributed by atoms with Crippen LogP contribution in [0.2, 0.25) is 5.02 Å². The summed E-state index contributed by atoms with van der Waals surface area (Å²) < 4.78 is 24.8. The SMILES string of the molecule is CN(C)S(=O)(=O)CCCN1CCN(c2cccc(Cl)c2)CC1. The maximum atomic E-state index is 11.7. The summed E-state index contributed by atoms with van der Waals surface area (Å²) in [5, 5.41) is 0.758. The number of rotatable bonds is 6. The Labute approximate surface area is 138 Å². The van der Waals surface area contributed by atoms with Crippen LogP contribution in [0.15, 0.2) is 24.3 Å². The molecule has 1 heterocycles. The van der Waals surface area contributed by atoms with Gasteiger partial charge in [-0.2, -0.15) is 0 Å². The molecule has 0 unspecified atom stereocenters. The highest BCUT2D eigenvalue weighted by Gasteiger charge is 2.19. The highest BCUT2D eigenvalue weighted by molar-refractivity contribution is 7.89. The van der Waals surface area contributed by atoms with E-state index in [2.05, 4.69) is 15.9 Å². The molecule has 0 saturated carbocycles. The molecule has 0 radical (unpaired) electrons. The van der Waals surface area contributed by atoms with Crippen molar-refractivity contribution in [1.82, 2.24) is 9.21 Å². The van der Waals surface area contributed by atoms with Crippen molar-refractivity contribution in [3.8, 4) is 0 Å². The van der Waals surface area contributed by atoms with E-state index in [4.69, 9.17) is 11.6 Å². The van der Waals surface area contributed by atoms with Crippen LogP contribution in [0.25, 0.3) is 0 Å². The average molecular weight is 346 g/mol. The van der Waals surface area contributed by atoms with Crippen molar-refractivity contribution in [2.75, 3.05) is 57.5 Å². The van der Waals surface area contributed by atoms with Gasteiger partial charge in [-0.15, -0.1) is 0 Å². The fourth-order valence-electron chi connectivity index (χ4n) is 2.56. The second kappa shape index (κ2) is 7.64. The van der Waals surface area contributed by atoms with Crippen LogP contribution < -0.4 is 4.90 Å². The van der Waals surface area contributed by atoms with Gasteiger partial charge in [0.05, 0.1) is 5.75 Å². The van der Waals surface area contributed by atoms with Gasteiger partial charge in [0.2, 0.25) is 10.0 Å². The van der Waals surface area contributed by atoms with Crippen molar-refractivity contribution in [2.24, 2.45) is 0 Å². The Hall–Kier alpha value is -0.820. The Morgan fingerprint density at radius 2 is 1.86 bits per heavy atom. The molecule has 1 aromatic carbocycles. The molecular formula is C15H24ClN3O2S. The average Bonchev–Trinajstić information content (AvgIpc) is 2.47. The van der Waals surface area contributed by atoms with Gasteiger partial charge >= 0.3 is 0 Å². The first-order valence-electron chi connectivity index (χ1n) is 7.51. The predicted molar refractivity (Wildman–Crippen MR) is 92.2 cm³/mol. The minimum absolute atomic E-state index is 0.217. The monoisotopic (exact) mass is 345 g/mol. The molecule has 124 valence electrons. The number of hydrogen-bond donors (Lipinski definition) is 0. The fourth-order valence-corrected chi connectivity index (χ4v) is 3.60. The molecule has 22 heavy (non-hydrogen) atoms. The first-order valence-corrected chi connectivity index (χ1v) is 9.50. The highest BCUT2D eigenvalue weighted by Crippen LogP contribution is 2.20. The molecule has 0 aromatic heterocycles. The molecule has 0 amide bonds. The lowest BCUT2D eigenvalue weighted by atomic mass is 10.2. The number of sulfonamides is 1. The lowest BCUT2D eigenvalue weighted by Crippen LogP contribution is -2.47. The topological polar surface area (TPSA) is 43.9 Å². The van der Waals surface area contributed by atoms with Gasteiger partial charge in [-0.3, -0.25) is 4.90 Å². The first kappa shape index (κ1) is 17.5. The minimum atomic E-state index is -3.08. The smallest absolute Gasteiger partial charge is 0.213 e. The zero-order valence-electron chi connectivity index (χ0n) is 13.2. The molecule has 0 atom stereocenters. The maximum Gasteiger partial charge on any atom is 0.213 e. The van der Waals surface area contributed by atoms with Crippen molar-refractivity contribution in [1.29, 1.82) is 0 Å². The fraction of sp³-hybridized carbons (Fsp3) is 0.600. The minimum Gasteiger partial charge on any atom is -0.369 e. The van der Waals surface area contributed by atoms with E-state index in [-0.39, 0.29) is 5.75 Å². The van der Waals surface area contributed by atoms with Gasteiger partial charge in [-0.25, -0.2) is 12.7 Å². The Morgan fingerprint density at radius 1 is 1.18 bits per heavy atom. The number of nitrogens with zero attached hydrogens (tertiary/aromatic N) is 3. The Morgan fingerprint density at radius 3 is 2.45 bits per heavy atom. The van der Waals surface area contributed by atoms with E-state index in [9.17, 15) is 8.42 Å². The standard InChI is InChI=1S/C15H24ClN3O2S/c1-17(2)22(20,21)12-4-7-18-8-10-19(11-9-18)15-6-3-5-14(16)13-15/h3,5-6,13H,4,7-12H2,1-2H3. The van der Waals surface area contributed by atoms with Crippen LogP contribution in [-0.4, -0.2) is 70.2 Å². The summed E-state index contributed by atoms with van der Waals surface area (Å²) in [5.74, 6) is 0.217. The lowest BCUT2D eigenvalue weighted by molar-refractivity contribution is 0.258. The van der Waals surface area contributed by atoms with Crippen molar-refractivity contribution >= 4 is 27.3 Å². The van der Waals surface area contributed by atoms with E-state index in [1.807, 2.05) is 18.2 Å². The molecule has 5 nitrogen and oxygen atoms in total. The van der Waals surface area contributed by atoms with Crippen LogP contribution in [0.1, 0.15) is 6.42 Å². The van der Waals surface area contributed by atoms with Crippen LogP contribution in [-0.2, 0) is 10.0 Å². The van der Waals surface area contributed by atoms with Crippen LogP contribution in [0, 0.1) is 0 Å². The van der Waals surface area contributed by atoms with Crippen LogP contribution >= 0.6 is 11.6 Å². The van der Waals surface area contributed by atoms with Crippen LogP contribution in [0.4, 0.5) is 5.69 Å². The Kier molecular flexibility index (Phi) is 6.09. The normalized spacial score (nSPS) is 17.2. The quantitative estimate of drug-likeness (QED) is 0.787. The number of piperazine rings is 1. The molecular weight excluding hydrogens is 322 g/mol. The predicted octanol–water partition coefficient (Wildman–Crippen LogP) is 1.74. The highest BCUT2D eigenvalue weighted by atomic mass is 35.5. The van der Waals surface area contributed by atoms with E-state index in [1.54, 1.807) is 14.1 Å². The Bertz CT molecular complexity index is 584. The molecule has 1 aliphatic rings. The van der Waals surface area contributed by atoms with Crippen molar-refractivity contribution in [3.63, 3.8) is 0 Å². The van der Waals surface area contributed by atoms with Gasteiger partial charge in [-0.05, 0) is 31.2 Å². The van der Waals surface area contributed by atoms with Gasteiger partial charge in [0.1, 0.15) is 0 Å². The second-order valence-corrected chi connectivity index (χ2v) is 8.50. The second-order valence-electron chi connectivity index (χ2n) is 5.76. The summed E-state index contributed by atoms with van der Waals surface area (Å²) in [6.45, 7) is 4.63. The van der Waals surface area contributed by atoms with E-state index >= 15 is 0 Å². The number of anilines is 1. The molecule has 7 heteroatoms. The molecule has 1 aromatic rings. The largest absolute Gasteiger partial charge is 0.369 e. The van der Waals surface area contributed by atoms with Crippen LogP contribution in [0.5, 0.6) is 0 Å². The number of hydrogen-bond acceptors (Lipinski definition) is 4. The summed E-state index contributed by atoms with van der Waals surface area (Å²) in [6, 6.07) is 7.91. The third-order valence-electron chi connectivity index (χ3n) is 3.98. The Balaban J connectivity index is 1.76. The summed E-state index contributed by atoms with van der Waals surface area (Å²) in [7, 11) is 0.0889. The summed E-state index contributed by atoms with van der Waals surface area (Å²) in [6.07, 6.45) is 0.678. The first-order chi connectivity index (χ1) is 10.4. The lowest BCUT2D eigenvalue weighted by Gasteiger charge is -2.36. The molecule has 0 bridgehead atoms. The molecule has 0 N–H and O–H groups in total. The summed E-state index contributed by atoms with van der Waals surface area (Å²) >= 11 is 6.03. The molecule has 2 rings (SSSR count). The van der Waals surface area contributed by atoms with Crippen molar-refractivity contribution < 1.29 is 8.42 Å². The van der Waals surface area contributed by atoms with Gasteiger partial charge in [0.15, 0.2) is 0 Å². The molecule has 0 spiro atoms. The third kappa shape index (κ3) is 4.84. The zero-order chi connectivity index (χ0) is 16.2. The summed E-state index contributed by atoms with van der Waals surface area (Å²) in [4.78, 5) is 4.64. The van der Waals surface area contributed by atoms with Crippen molar-refractivity contribution in [3.05, 3.63) is 29.3 Å². The van der Waals surface area contributed by atoms with Crippen LogP contribution in [0.3, 0.4) is 0 Å². The van der Waals surface area contributed by atoms with E-state index in [0.717, 1.165) is 43.4 Å². The molecule has 0 aliphatic carbocycles.